The van der Waals surface area contributed by atoms with Gasteiger partial charge in [0, 0.05) is 19.8 Å². The molecule has 2 aromatic heterocycles. The molecule has 2 heterocycles. The Morgan fingerprint density at radius 3 is 2.45 bits per heavy atom. The van der Waals surface area contributed by atoms with Crippen molar-refractivity contribution >= 4 is 21.8 Å². The number of furan rings is 1. The van der Waals surface area contributed by atoms with Gasteiger partial charge in [-0.3, -0.25) is 9.48 Å². The Labute approximate surface area is 178 Å². The van der Waals surface area contributed by atoms with Crippen LogP contribution in [-0.2, 0) is 19.7 Å². The zero-order valence-corrected chi connectivity index (χ0v) is 18.3. The van der Waals surface area contributed by atoms with E-state index in [-0.39, 0.29) is 18.3 Å². The highest BCUT2D eigenvalue weighted by atomic mass is 79.9. The van der Waals surface area contributed by atoms with E-state index in [1.807, 2.05) is 49.0 Å². The van der Waals surface area contributed by atoms with Crippen molar-refractivity contribution in [1.29, 1.82) is 0 Å². The first-order valence-corrected chi connectivity index (χ1v) is 10.2. The number of aryl methyl sites for hydroxylation is 1. The molecule has 0 bridgehead atoms. The summed E-state index contributed by atoms with van der Waals surface area (Å²) in [7, 11) is 1.72. The molecule has 0 saturated carbocycles. The van der Waals surface area contributed by atoms with E-state index in [2.05, 4.69) is 21.0 Å². The number of amides is 1. The molecule has 7 nitrogen and oxygen atoms in total. The molecule has 154 valence electrons. The number of rotatable bonds is 9. The van der Waals surface area contributed by atoms with Crippen LogP contribution in [0.4, 0.5) is 0 Å². The Hall–Kier alpha value is -2.74. The van der Waals surface area contributed by atoms with Gasteiger partial charge in [-0.15, -0.1) is 0 Å². The van der Waals surface area contributed by atoms with Crippen LogP contribution in [0.25, 0.3) is 0 Å². The van der Waals surface area contributed by atoms with Crippen LogP contribution in [0.3, 0.4) is 0 Å². The van der Waals surface area contributed by atoms with E-state index in [1.165, 1.54) is 0 Å². The third-order valence-corrected chi connectivity index (χ3v) is 4.90. The minimum atomic E-state index is -0.213. The Morgan fingerprint density at radius 2 is 1.83 bits per heavy atom. The van der Waals surface area contributed by atoms with Gasteiger partial charge in [0.15, 0.2) is 5.76 Å². The first-order chi connectivity index (χ1) is 14.0. The lowest BCUT2D eigenvalue weighted by molar-refractivity contribution is 0.0747. The highest BCUT2D eigenvalue weighted by molar-refractivity contribution is 9.10. The summed E-state index contributed by atoms with van der Waals surface area (Å²) >= 11 is 3.48. The molecular formula is C21H24BrN3O4. The van der Waals surface area contributed by atoms with Crippen molar-refractivity contribution in [2.45, 2.75) is 33.5 Å². The van der Waals surface area contributed by atoms with E-state index in [4.69, 9.17) is 13.9 Å². The Balaban J connectivity index is 1.56. The normalized spacial score (nSPS) is 10.8. The number of ether oxygens (including phenoxy) is 2. The molecule has 29 heavy (non-hydrogen) atoms. The van der Waals surface area contributed by atoms with Gasteiger partial charge in [-0.05, 0) is 66.2 Å². The van der Waals surface area contributed by atoms with Crippen LogP contribution in [0.2, 0.25) is 0 Å². The van der Waals surface area contributed by atoms with Crippen LogP contribution in [0.15, 0.2) is 51.5 Å². The molecule has 0 fully saturated rings. The van der Waals surface area contributed by atoms with E-state index in [0.717, 1.165) is 22.5 Å². The van der Waals surface area contributed by atoms with Gasteiger partial charge in [0.2, 0.25) is 0 Å². The van der Waals surface area contributed by atoms with Crippen LogP contribution < -0.4 is 9.47 Å². The largest absolute Gasteiger partial charge is 0.494 e. The molecule has 8 heteroatoms. The zero-order chi connectivity index (χ0) is 20.8. The lowest BCUT2D eigenvalue weighted by Crippen LogP contribution is -2.26. The second-order valence-corrected chi connectivity index (χ2v) is 7.25. The fraction of sp³-hybridized carbons (Fsp3) is 0.333. The minimum Gasteiger partial charge on any atom is -0.494 e. The smallest absolute Gasteiger partial charge is 0.289 e. The molecule has 0 spiro atoms. The molecule has 0 aliphatic heterocycles. The molecule has 0 atom stereocenters. The predicted octanol–water partition coefficient (Wildman–Crippen LogP) is 4.51. The number of hydrogen-bond acceptors (Lipinski definition) is 5. The maximum Gasteiger partial charge on any atom is 0.289 e. The van der Waals surface area contributed by atoms with Crippen molar-refractivity contribution < 1.29 is 18.7 Å². The maximum atomic E-state index is 12.7. The summed E-state index contributed by atoms with van der Waals surface area (Å²) in [6.45, 7) is 5.95. The van der Waals surface area contributed by atoms with Gasteiger partial charge in [-0.1, -0.05) is 0 Å². The van der Waals surface area contributed by atoms with Gasteiger partial charge in [-0.25, -0.2) is 0 Å². The van der Waals surface area contributed by atoms with E-state index in [1.54, 1.807) is 24.1 Å². The summed E-state index contributed by atoms with van der Waals surface area (Å²) in [5.74, 6) is 2.13. The average Bonchev–Trinajstić information content (AvgIpc) is 3.34. The molecule has 3 aromatic rings. The van der Waals surface area contributed by atoms with Gasteiger partial charge in [0.25, 0.3) is 5.91 Å². The third kappa shape index (κ3) is 5.41. The van der Waals surface area contributed by atoms with Crippen molar-refractivity contribution in [3.63, 3.8) is 0 Å². The number of benzene rings is 1. The first-order valence-electron chi connectivity index (χ1n) is 9.41. The SMILES string of the molecule is CCOc1ccc(OCc2ccc(C(=O)N(C)Cc3nn(CC)cc3Br)o2)cc1. The molecule has 0 radical (unpaired) electrons. The Bertz CT molecular complexity index is 949. The van der Waals surface area contributed by atoms with Crippen molar-refractivity contribution in [3.8, 4) is 11.5 Å². The van der Waals surface area contributed by atoms with Crippen molar-refractivity contribution in [2.24, 2.45) is 0 Å². The van der Waals surface area contributed by atoms with E-state index in [9.17, 15) is 4.79 Å². The lowest BCUT2D eigenvalue weighted by atomic mass is 10.3. The summed E-state index contributed by atoms with van der Waals surface area (Å²) in [4.78, 5) is 14.2. The van der Waals surface area contributed by atoms with Crippen LogP contribution in [0, 0.1) is 0 Å². The minimum absolute atomic E-state index is 0.213. The molecule has 0 saturated heterocycles. The zero-order valence-electron chi connectivity index (χ0n) is 16.7. The van der Waals surface area contributed by atoms with Gasteiger partial charge in [0.05, 0.1) is 23.3 Å². The molecule has 3 rings (SSSR count). The van der Waals surface area contributed by atoms with Crippen LogP contribution in [-0.4, -0.2) is 34.2 Å². The summed E-state index contributed by atoms with van der Waals surface area (Å²) in [6, 6.07) is 10.8. The quantitative estimate of drug-likeness (QED) is 0.468. The molecule has 1 amide bonds. The maximum absolute atomic E-state index is 12.7. The number of carbonyl (C=O) groups excluding carboxylic acids is 1. The fourth-order valence-corrected chi connectivity index (χ4v) is 3.16. The van der Waals surface area contributed by atoms with E-state index in [0.29, 0.717) is 24.7 Å². The average molecular weight is 462 g/mol. The molecule has 0 aliphatic carbocycles. The molecular weight excluding hydrogens is 438 g/mol. The number of aromatic nitrogens is 2. The van der Waals surface area contributed by atoms with Crippen molar-refractivity contribution in [1.82, 2.24) is 14.7 Å². The predicted molar refractivity (Wildman–Crippen MR) is 112 cm³/mol. The van der Waals surface area contributed by atoms with Crippen LogP contribution in [0.1, 0.15) is 35.9 Å². The standard InChI is InChI=1S/C21H24BrN3O4/c1-4-25-12-18(22)19(23-25)13-24(3)21(26)20-11-10-17(29-20)14-28-16-8-6-15(7-9-16)27-5-2/h6-12H,4-5,13-14H2,1-3H3. The monoisotopic (exact) mass is 461 g/mol. The van der Waals surface area contributed by atoms with Gasteiger partial charge in [-0.2, -0.15) is 5.10 Å². The summed E-state index contributed by atoms with van der Waals surface area (Å²) in [5, 5.41) is 4.45. The Morgan fingerprint density at radius 1 is 1.14 bits per heavy atom. The topological polar surface area (TPSA) is 69.7 Å². The molecule has 0 unspecified atom stereocenters. The van der Waals surface area contributed by atoms with E-state index >= 15 is 0 Å². The Kier molecular flexibility index (Phi) is 6.98. The second kappa shape index (κ2) is 9.65. The van der Waals surface area contributed by atoms with Crippen LogP contribution in [0.5, 0.6) is 11.5 Å². The number of nitrogens with zero attached hydrogens (tertiary/aromatic N) is 3. The van der Waals surface area contributed by atoms with Gasteiger partial charge >= 0.3 is 0 Å². The third-order valence-electron chi connectivity index (χ3n) is 4.23. The number of hydrogen-bond donors (Lipinski definition) is 0. The fourth-order valence-electron chi connectivity index (χ4n) is 2.71. The summed E-state index contributed by atoms with van der Waals surface area (Å²) in [6.07, 6.45) is 1.90. The molecule has 1 aromatic carbocycles. The van der Waals surface area contributed by atoms with E-state index < -0.39 is 0 Å². The number of carbonyl (C=O) groups is 1. The van der Waals surface area contributed by atoms with Crippen molar-refractivity contribution in [2.75, 3.05) is 13.7 Å². The molecule has 0 N–H and O–H groups in total. The first kappa shape index (κ1) is 21.0. The second-order valence-electron chi connectivity index (χ2n) is 6.40. The highest BCUT2D eigenvalue weighted by Crippen LogP contribution is 2.20. The lowest BCUT2D eigenvalue weighted by Gasteiger charge is -2.14. The van der Waals surface area contributed by atoms with Crippen LogP contribution >= 0.6 is 15.9 Å². The van der Waals surface area contributed by atoms with Gasteiger partial charge in [0.1, 0.15) is 23.9 Å². The number of halogens is 1. The summed E-state index contributed by atoms with van der Waals surface area (Å²) in [5.41, 5.74) is 0.799. The van der Waals surface area contributed by atoms with Gasteiger partial charge < -0.3 is 18.8 Å². The summed E-state index contributed by atoms with van der Waals surface area (Å²) < 4.78 is 19.5. The highest BCUT2D eigenvalue weighted by Gasteiger charge is 2.19. The molecule has 0 aliphatic rings. The van der Waals surface area contributed by atoms with Crippen molar-refractivity contribution in [3.05, 3.63) is 64.3 Å².